The van der Waals surface area contributed by atoms with E-state index in [1.807, 2.05) is 12.1 Å². The third-order valence-electron chi connectivity index (χ3n) is 3.39. The van der Waals surface area contributed by atoms with E-state index in [2.05, 4.69) is 34.5 Å². The van der Waals surface area contributed by atoms with Crippen LogP contribution in [-0.4, -0.2) is 26.2 Å². The fourth-order valence-electron chi connectivity index (χ4n) is 2.49. The smallest absolute Gasteiger partial charge is 0.0448 e. The molecule has 1 aliphatic rings. The molecule has 3 heteroatoms. The van der Waals surface area contributed by atoms with E-state index in [-0.39, 0.29) is 0 Å². The van der Waals surface area contributed by atoms with Gasteiger partial charge in [0.1, 0.15) is 0 Å². The van der Waals surface area contributed by atoms with Crippen molar-refractivity contribution < 1.29 is 0 Å². The molecule has 0 radical (unpaired) electrons. The summed E-state index contributed by atoms with van der Waals surface area (Å²) < 4.78 is 0. The molecule has 3 nitrogen and oxygen atoms in total. The summed E-state index contributed by atoms with van der Waals surface area (Å²) in [5, 5.41) is 5.79. The molecule has 1 saturated heterocycles. The van der Waals surface area contributed by atoms with Gasteiger partial charge in [0.2, 0.25) is 0 Å². The zero-order valence-corrected chi connectivity index (χ0v) is 9.82. The van der Waals surface area contributed by atoms with Gasteiger partial charge in [0.25, 0.3) is 0 Å². The minimum Gasteiger partial charge on any atom is -0.398 e. The van der Waals surface area contributed by atoms with Gasteiger partial charge < -0.3 is 16.0 Å². The first kappa shape index (κ1) is 10.4. The van der Waals surface area contributed by atoms with Gasteiger partial charge in [0, 0.05) is 48.3 Å². The summed E-state index contributed by atoms with van der Waals surface area (Å²) in [6, 6.07) is 12.5. The van der Waals surface area contributed by atoms with Crippen molar-refractivity contribution in [2.24, 2.45) is 0 Å². The van der Waals surface area contributed by atoms with Crippen LogP contribution in [0.2, 0.25) is 0 Å². The van der Waals surface area contributed by atoms with Crippen LogP contribution in [0.25, 0.3) is 10.8 Å². The summed E-state index contributed by atoms with van der Waals surface area (Å²) in [4.78, 5) is 2.43. The minimum absolute atomic E-state index is 0.861. The number of piperazine rings is 1. The molecule has 88 valence electrons. The molecule has 3 rings (SSSR count). The van der Waals surface area contributed by atoms with Gasteiger partial charge in [-0.2, -0.15) is 0 Å². The molecular weight excluding hydrogens is 210 g/mol. The summed E-state index contributed by atoms with van der Waals surface area (Å²) in [6.07, 6.45) is 0. The maximum Gasteiger partial charge on any atom is 0.0448 e. The van der Waals surface area contributed by atoms with Crippen molar-refractivity contribution in [2.75, 3.05) is 36.8 Å². The number of anilines is 2. The lowest BCUT2D eigenvalue weighted by Gasteiger charge is -2.30. The number of nitrogens with two attached hydrogens (primary N) is 1. The Morgan fingerprint density at radius 1 is 0.941 bits per heavy atom. The van der Waals surface area contributed by atoms with Crippen LogP contribution in [0.3, 0.4) is 0 Å². The molecule has 1 fully saturated rings. The van der Waals surface area contributed by atoms with Crippen LogP contribution >= 0.6 is 0 Å². The second-order valence-electron chi connectivity index (χ2n) is 4.46. The van der Waals surface area contributed by atoms with E-state index in [1.54, 1.807) is 0 Å². The second-order valence-corrected chi connectivity index (χ2v) is 4.46. The highest BCUT2D eigenvalue weighted by atomic mass is 15.2. The number of fused-ring (bicyclic) bond motifs is 1. The first-order chi connectivity index (χ1) is 8.36. The number of nitrogens with one attached hydrogen (secondary N) is 1. The van der Waals surface area contributed by atoms with Gasteiger partial charge in [-0.15, -0.1) is 0 Å². The number of hydrogen-bond donors (Lipinski definition) is 2. The molecule has 3 N–H and O–H groups in total. The highest BCUT2D eigenvalue weighted by Crippen LogP contribution is 2.30. The van der Waals surface area contributed by atoms with Crippen LogP contribution in [0.4, 0.5) is 11.4 Å². The van der Waals surface area contributed by atoms with E-state index in [4.69, 9.17) is 5.73 Å². The predicted molar refractivity (Wildman–Crippen MR) is 73.4 cm³/mol. The normalized spacial score (nSPS) is 16.4. The van der Waals surface area contributed by atoms with E-state index in [0.717, 1.165) is 37.3 Å². The van der Waals surface area contributed by atoms with Gasteiger partial charge >= 0.3 is 0 Å². The Morgan fingerprint density at radius 2 is 1.65 bits per heavy atom. The molecule has 1 aliphatic heterocycles. The molecule has 0 saturated carbocycles. The number of rotatable bonds is 1. The Labute approximate surface area is 101 Å². The fraction of sp³-hybridized carbons (Fsp3) is 0.286. The van der Waals surface area contributed by atoms with Crippen molar-refractivity contribution in [2.45, 2.75) is 0 Å². The fourth-order valence-corrected chi connectivity index (χ4v) is 2.49. The molecule has 0 amide bonds. The van der Waals surface area contributed by atoms with E-state index in [1.165, 1.54) is 11.1 Å². The van der Waals surface area contributed by atoms with Crippen LogP contribution in [0, 0.1) is 0 Å². The van der Waals surface area contributed by atoms with Crippen LogP contribution in [0.15, 0.2) is 36.4 Å². The molecule has 1 heterocycles. The molecule has 0 unspecified atom stereocenters. The van der Waals surface area contributed by atoms with Gasteiger partial charge in [-0.05, 0) is 12.1 Å². The number of nitrogens with zero attached hydrogens (tertiary/aromatic N) is 1. The molecule has 17 heavy (non-hydrogen) atoms. The van der Waals surface area contributed by atoms with Crippen LogP contribution < -0.4 is 16.0 Å². The zero-order valence-electron chi connectivity index (χ0n) is 9.82. The standard InChI is InChI=1S/C14H17N3/c15-13-5-6-14(17-9-7-16-8-10-17)12-4-2-1-3-11(12)13/h1-6,16H,7-10,15H2. The van der Waals surface area contributed by atoms with Crippen molar-refractivity contribution in [3.05, 3.63) is 36.4 Å². The lowest BCUT2D eigenvalue weighted by molar-refractivity contribution is 0.590. The first-order valence-electron chi connectivity index (χ1n) is 6.09. The van der Waals surface area contributed by atoms with Crippen molar-refractivity contribution in [3.8, 4) is 0 Å². The van der Waals surface area contributed by atoms with Gasteiger partial charge in [0.05, 0.1) is 0 Å². The van der Waals surface area contributed by atoms with Crippen molar-refractivity contribution in [1.82, 2.24) is 5.32 Å². The molecule has 0 atom stereocenters. The molecule has 0 spiro atoms. The average molecular weight is 227 g/mol. The molecule has 0 bridgehead atoms. The van der Waals surface area contributed by atoms with Gasteiger partial charge in [-0.25, -0.2) is 0 Å². The number of nitrogen functional groups attached to an aromatic ring is 1. The monoisotopic (exact) mass is 227 g/mol. The largest absolute Gasteiger partial charge is 0.398 e. The Morgan fingerprint density at radius 3 is 2.41 bits per heavy atom. The van der Waals surface area contributed by atoms with Crippen LogP contribution in [-0.2, 0) is 0 Å². The summed E-state index contributed by atoms with van der Waals surface area (Å²) in [5.41, 5.74) is 8.19. The summed E-state index contributed by atoms with van der Waals surface area (Å²) in [6.45, 7) is 4.24. The van der Waals surface area contributed by atoms with Crippen LogP contribution in [0.1, 0.15) is 0 Å². The minimum atomic E-state index is 0.861. The quantitative estimate of drug-likeness (QED) is 0.730. The zero-order chi connectivity index (χ0) is 11.7. The van der Waals surface area contributed by atoms with Crippen LogP contribution in [0.5, 0.6) is 0 Å². The molecule has 2 aromatic rings. The van der Waals surface area contributed by atoms with E-state index < -0.39 is 0 Å². The molecule has 0 aromatic heterocycles. The third kappa shape index (κ3) is 1.83. The highest BCUT2D eigenvalue weighted by Gasteiger charge is 2.13. The molecular formula is C14H17N3. The maximum absolute atomic E-state index is 6.02. The van der Waals surface area contributed by atoms with Crippen molar-refractivity contribution in [3.63, 3.8) is 0 Å². The molecule has 2 aromatic carbocycles. The van der Waals surface area contributed by atoms with Crippen molar-refractivity contribution in [1.29, 1.82) is 0 Å². The molecule has 0 aliphatic carbocycles. The Balaban J connectivity index is 2.12. The van der Waals surface area contributed by atoms with E-state index in [9.17, 15) is 0 Å². The summed E-state index contributed by atoms with van der Waals surface area (Å²) in [5.74, 6) is 0. The van der Waals surface area contributed by atoms with Gasteiger partial charge in [-0.1, -0.05) is 24.3 Å². The lowest BCUT2D eigenvalue weighted by Crippen LogP contribution is -2.43. The van der Waals surface area contributed by atoms with Crippen molar-refractivity contribution >= 4 is 22.1 Å². The van der Waals surface area contributed by atoms with E-state index in [0.29, 0.717) is 0 Å². The SMILES string of the molecule is Nc1ccc(N2CCNCC2)c2ccccc12. The van der Waals surface area contributed by atoms with Gasteiger partial charge in [0.15, 0.2) is 0 Å². The first-order valence-corrected chi connectivity index (χ1v) is 6.09. The topological polar surface area (TPSA) is 41.3 Å². The number of hydrogen-bond acceptors (Lipinski definition) is 3. The Kier molecular flexibility index (Phi) is 2.61. The van der Waals surface area contributed by atoms with E-state index >= 15 is 0 Å². The average Bonchev–Trinajstić information content (AvgIpc) is 2.41. The summed E-state index contributed by atoms with van der Waals surface area (Å²) >= 11 is 0. The Bertz CT molecular complexity index is 530. The summed E-state index contributed by atoms with van der Waals surface area (Å²) in [7, 11) is 0. The highest BCUT2D eigenvalue weighted by molar-refractivity contribution is 6.01. The lowest BCUT2D eigenvalue weighted by atomic mass is 10.1. The third-order valence-corrected chi connectivity index (χ3v) is 3.39. The van der Waals surface area contributed by atoms with Gasteiger partial charge in [-0.3, -0.25) is 0 Å². The second kappa shape index (κ2) is 4.26. The number of benzene rings is 2. The predicted octanol–water partition coefficient (Wildman–Crippen LogP) is 1.83. The maximum atomic E-state index is 6.02. The Hall–Kier alpha value is -1.74.